The van der Waals surface area contributed by atoms with Crippen molar-refractivity contribution in [2.75, 3.05) is 9.80 Å². The second kappa shape index (κ2) is 27.2. The molecule has 0 spiro atoms. The van der Waals surface area contributed by atoms with Gasteiger partial charge in [-0.1, -0.05) is 369 Å². The Morgan fingerprint density at radius 3 is 0.617 bits per heavy atom. The molecule has 546 valence electrons. The topological polar surface area (TPSA) is 6.48 Å². The molecule has 21 rings (SSSR count). The van der Waals surface area contributed by atoms with Crippen molar-refractivity contribution in [1.82, 2.24) is 0 Å². The third-order valence-electron chi connectivity index (χ3n) is 25.4. The fourth-order valence-corrected chi connectivity index (χ4v) is 19.3. The molecule has 3 aliphatic carbocycles. The minimum absolute atomic E-state index is 0.197. The molecule has 115 heavy (non-hydrogen) atoms. The quantitative estimate of drug-likeness (QED) is 0.100. The highest BCUT2D eigenvalue weighted by Crippen LogP contribution is 2.55. The molecule has 0 fully saturated rings. The van der Waals surface area contributed by atoms with Crippen LogP contribution in [-0.4, -0.2) is 0 Å². The Balaban J connectivity index is 0.532. The van der Waals surface area contributed by atoms with E-state index >= 15 is 0 Å². The van der Waals surface area contributed by atoms with Gasteiger partial charge in [0.15, 0.2) is 0 Å². The van der Waals surface area contributed by atoms with E-state index in [1.54, 1.807) is 0 Å². The van der Waals surface area contributed by atoms with Gasteiger partial charge >= 0.3 is 0 Å². The predicted octanol–water partition coefficient (Wildman–Crippen LogP) is 31.2. The van der Waals surface area contributed by atoms with Crippen LogP contribution in [0.15, 0.2) is 376 Å². The summed E-state index contributed by atoms with van der Waals surface area (Å²) >= 11 is 0. The summed E-state index contributed by atoms with van der Waals surface area (Å²) in [7, 11) is 0. The van der Waals surface area contributed by atoms with Crippen LogP contribution in [0.1, 0.15) is 97.2 Å². The van der Waals surface area contributed by atoms with Crippen molar-refractivity contribution < 1.29 is 0 Å². The highest BCUT2D eigenvalue weighted by Gasteiger charge is 2.39. The van der Waals surface area contributed by atoms with Gasteiger partial charge in [-0.2, -0.15) is 0 Å². The van der Waals surface area contributed by atoms with E-state index in [2.05, 4.69) is 452 Å². The first-order chi connectivity index (χ1) is 56.2. The van der Waals surface area contributed by atoms with Crippen molar-refractivity contribution in [3.05, 3.63) is 432 Å². The number of anilines is 6. The average Bonchev–Trinajstić information content (AvgIpc) is 1.59. The molecule has 0 radical (unpaired) electrons. The lowest BCUT2D eigenvalue weighted by Crippen LogP contribution is -2.16. The van der Waals surface area contributed by atoms with Crippen LogP contribution in [0.2, 0.25) is 0 Å². The molecule has 2 heteroatoms. The summed E-state index contributed by atoms with van der Waals surface area (Å²) in [5.41, 5.74) is 36.4. The SMILES string of the molecule is CC1(C)c2cc(/C=C/c3ccc4c(c3)C(C)(C)c3cc(N(c5ccc(-c6cccc7ccccc67)cc5)c5ccc(-c6cccc7ccccc67)cc5)ccc3-4)ccc2-c2ccc(/C=C/c3ccc4c(c3)C(C)(C)c3cc(N(c5ccc(-c6cccc7ccccc67)cc5)c5ccc(-c6cccc7ccccc67)cc5)ccc3-4)cc21. The number of hydrogen-bond acceptors (Lipinski definition) is 2. The smallest absolute Gasteiger partial charge is 0.0465 e. The van der Waals surface area contributed by atoms with E-state index in [1.165, 1.54) is 177 Å². The molecule has 0 amide bonds. The summed E-state index contributed by atoms with van der Waals surface area (Å²) in [6.07, 6.45) is 9.23. The Morgan fingerprint density at radius 1 is 0.174 bits per heavy atom. The molecule has 18 aromatic rings. The average molecular weight is 1470 g/mol. The van der Waals surface area contributed by atoms with Crippen LogP contribution >= 0.6 is 0 Å². The van der Waals surface area contributed by atoms with Gasteiger partial charge in [0.05, 0.1) is 0 Å². The van der Waals surface area contributed by atoms with Crippen molar-refractivity contribution in [3.8, 4) is 77.9 Å². The molecule has 0 aromatic heterocycles. The van der Waals surface area contributed by atoms with Crippen LogP contribution in [0, 0.1) is 0 Å². The Kier molecular flexibility index (Phi) is 16.3. The Hall–Kier alpha value is -13.9. The maximum Gasteiger partial charge on any atom is 0.0465 e. The zero-order valence-corrected chi connectivity index (χ0v) is 65.5. The highest BCUT2D eigenvalue weighted by atomic mass is 15.1. The van der Waals surface area contributed by atoms with Crippen molar-refractivity contribution >= 4 is 102 Å². The number of rotatable bonds is 14. The van der Waals surface area contributed by atoms with Gasteiger partial charge in [-0.25, -0.2) is 0 Å². The van der Waals surface area contributed by atoms with Crippen molar-refractivity contribution in [2.45, 2.75) is 57.8 Å². The molecule has 0 bridgehead atoms. The molecule has 2 nitrogen and oxygen atoms in total. The van der Waals surface area contributed by atoms with Gasteiger partial charge in [0.2, 0.25) is 0 Å². The summed E-state index contributed by atoms with van der Waals surface area (Å²) in [4.78, 5) is 4.86. The molecule has 0 saturated heterocycles. The first-order valence-electron chi connectivity index (χ1n) is 40.4. The summed E-state index contributed by atoms with van der Waals surface area (Å²) < 4.78 is 0. The fraction of sp³-hybridized carbons (Fsp3) is 0.0796. The maximum atomic E-state index is 2.45. The highest BCUT2D eigenvalue weighted by molar-refractivity contribution is 6.02. The summed E-state index contributed by atoms with van der Waals surface area (Å²) in [6, 6.07) is 140. The zero-order chi connectivity index (χ0) is 77.3. The first kappa shape index (κ1) is 69.1. The van der Waals surface area contributed by atoms with Crippen LogP contribution in [0.5, 0.6) is 0 Å². The first-order valence-corrected chi connectivity index (χ1v) is 40.4. The lowest BCUT2D eigenvalue weighted by molar-refractivity contribution is 0.660. The Morgan fingerprint density at radius 2 is 0.374 bits per heavy atom. The van der Waals surface area contributed by atoms with Crippen LogP contribution in [0.3, 0.4) is 0 Å². The second-order valence-corrected chi connectivity index (χ2v) is 33.2. The Bertz CT molecular complexity index is 6340. The molecule has 0 heterocycles. The molecular weight excluding hydrogens is 1390 g/mol. The van der Waals surface area contributed by atoms with Gasteiger partial charge < -0.3 is 9.80 Å². The van der Waals surface area contributed by atoms with Crippen molar-refractivity contribution in [3.63, 3.8) is 0 Å². The lowest BCUT2D eigenvalue weighted by atomic mass is 9.81. The summed E-state index contributed by atoms with van der Waals surface area (Å²) in [5.74, 6) is 0. The minimum atomic E-state index is -0.254. The molecule has 0 saturated carbocycles. The van der Waals surface area contributed by atoms with E-state index in [1.807, 2.05) is 0 Å². The van der Waals surface area contributed by atoms with Crippen molar-refractivity contribution in [1.29, 1.82) is 0 Å². The van der Waals surface area contributed by atoms with Gasteiger partial charge in [0, 0.05) is 50.4 Å². The van der Waals surface area contributed by atoms with E-state index in [4.69, 9.17) is 0 Å². The predicted molar refractivity (Wildman–Crippen MR) is 491 cm³/mol. The van der Waals surface area contributed by atoms with E-state index in [-0.39, 0.29) is 16.2 Å². The molecule has 0 atom stereocenters. The molecule has 18 aromatic carbocycles. The van der Waals surface area contributed by atoms with Crippen LogP contribution in [-0.2, 0) is 16.2 Å². The summed E-state index contributed by atoms with van der Waals surface area (Å²) in [5, 5.41) is 10.0. The van der Waals surface area contributed by atoms with Gasteiger partial charge in [-0.3, -0.25) is 0 Å². The van der Waals surface area contributed by atoms with Gasteiger partial charge in [0.25, 0.3) is 0 Å². The Labute approximate surface area is 674 Å². The third kappa shape index (κ3) is 11.8. The lowest BCUT2D eigenvalue weighted by Gasteiger charge is -2.28. The van der Waals surface area contributed by atoms with Crippen LogP contribution < -0.4 is 9.80 Å². The number of hydrogen-bond donors (Lipinski definition) is 0. The number of nitrogens with zero attached hydrogens (tertiary/aromatic N) is 2. The van der Waals surface area contributed by atoms with E-state index < -0.39 is 0 Å². The van der Waals surface area contributed by atoms with E-state index in [0.29, 0.717) is 0 Å². The van der Waals surface area contributed by atoms with Gasteiger partial charge in [-0.15, -0.1) is 0 Å². The zero-order valence-electron chi connectivity index (χ0n) is 65.5. The molecule has 0 aliphatic heterocycles. The second-order valence-electron chi connectivity index (χ2n) is 33.2. The van der Waals surface area contributed by atoms with Crippen LogP contribution in [0.25, 0.3) is 145 Å². The van der Waals surface area contributed by atoms with Crippen molar-refractivity contribution in [2.24, 2.45) is 0 Å². The fourth-order valence-electron chi connectivity index (χ4n) is 19.3. The van der Waals surface area contributed by atoms with E-state index in [9.17, 15) is 0 Å². The molecule has 0 N–H and O–H groups in total. The molecule has 0 unspecified atom stereocenters. The minimum Gasteiger partial charge on any atom is -0.310 e. The maximum absolute atomic E-state index is 2.45. The third-order valence-corrected chi connectivity index (χ3v) is 25.4. The van der Waals surface area contributed by atoms with Crippen LogP contribution in [0.4, 0.5) is 34.1 Å². The normalized spacial score (nSPS) is 13.8. The number of benzene rings is 18. The summed E-state index contributed by atoms with van der Waals surface area (Å²) in [6.45, 7) is 14.4. The van der Waals surface area contributed by atoms with E-state index in [0.717, 1.165) is 34.1 Å². The largest absolute Gasteiger partial charge is 0.310 e. The molecular formula is C113H84N2. The monoisotopic (exact) mass is 1470 g/mol. The molecule has 3 aliphatic rings. The number of fused-ring (bicyclic) bond motifs is 13. The van der Waals surface area contributed by atoms with Gasteiger partial charge in [0.1, 0.15) is 0 Å². The van der Waals surface area contributed by atoms with Gasteiger partial charge in [-0.05, 0) is 249 Å². The standard InChI is InChI=1S/C113H84N2/c1-111(2)105-67-73(35-37-75-41-63-101-103-65-59-89(71-109(103)112(3,4)107(101)69-75)114(85-51-43-81(44-52-85)95-31-15-23-77-19-7-11-27-91(77)95)86-53-45-82(46-54-86)96-32-16-24-78-20-8-12-28-92(78)96)39-61-99(105)100-62-40-74(68-106(100)111)36-38-76-42-64-102-104-66-60-90(72-110(104)113(5,6)108(102)70-76)115(87-55-47-83(48-56-87)97-33-17-25-79-21-9-13-29-93(79)97)88-57-49-84(50-58-88)98-34-18-26-80-22-10-14-30-94(80)98/h7-72H,1-6H3/b37-35+,38-36+.